The summed E-state index contributed by atoms with van der Waals surface area (Å²) >= 11 is 0. The quantitative estimate of drug-likeness (QED) is 0.575. The molecule has 4 aromatic rings. The van der Waals surface area contributed by atoms with Crippen LogP contribution in [-0.2, 0) is 0 Å². The van der Waals surface area contributed by atoms with Gasteiger partial charge in [0.25, 0.3) is 0 Å². The number of nitrogens with one attached hydrogen (secondary N) is 1. The first-order valence-electron chi connectivity index (χ1n) is 10.0. The zero-order chi connectivity index (χ0) is 19.8. The second-order valence-electron chi connectivity index (χ2n) is 7.88. The number of rotatable bonds is 4. The summed E-state index contributed by atoms with van der Waals surface area (Å²) in [6.45, 7) is 0. The lowest BCUT2D eigenvalue weighted by molar-refractivity contribution is 0.221. The molecule has 4 heterocycles. The topological polar surface area (TPSA) is 84.1 Å². The highest BCUT2D eigenvalue weighted by Crippen LogP contribution is 2.27. The Morgan fingerprint density at radius 3 is 2.66 bits per heavy atom. The van der Waals surface area contributed by atoms with Crippen LogP contribution in [0.5, 0.6) is 0 Å². The van der Waals surface area contributed by atoms with Gasteiger partial charge < -0.3 is 10.2 Å². The third kappa shape index (κ3) is 3.51. The van der Waals surface area contributed by atoms with Crippen molar-refractivity contribution in [3.05, 3.63) is 43.1 Å². The number of pyridine rings is 1. The number of nitrogens with zero attached hydrogens (tertiary/aromatic N) is 7. The molecule has 0 unspecified atom stereocenters. The van der Waals surface area contributed by atoms with Crippen molar-refractivity contribution in [1.29, 1.82) is 0 Å². The second-order valence-corrected chi connectivity index (χ2v) is 7.88. The summed E-state index contributed by atoms with van der Waals surface area (Å²) < 4.78 is 1.87. The van der Waals surface area contributed by atoms with Gasteiger partial charge >= 0.3 is 0 Å². The number of aromatic nitrogens is 6. The van der Waals surface area contributed by atoms with E-state index in [1.807, 2.05) is 35.2 Å². The molecular formula is C21H24N8. The first-order valence-corrected chi connectivity index (χ1v) is 10.0. The van der Waals surface area contributed by atoms with Crippen molar-refractivity contribution in [3.63, 3.8) is 0 Å². The average molecular weight is 388 g/mol. The van der Waals surface area contributed by atoms with Gasteiger partial charge in [-0.15, -0.1) is 5.10 Å². The largest absolute Gasteiger partial charge is 0.350 e. The highest BCUT2D eigenvalue weighted by molar-refractivity contribution is 5.84. The van der Waals surface area contributed by atoms with Gasteiger partial charge in [-0.2, -0.15) is 0 Å². The molecule has 1 fully saturated rings. The van der Waals surface area contributed by atoms with Gasteiger partial charge in [-0.1, -0.05) is 0 Å². The second kappa shape index (κ2) is 7.36. The van der Waals surface area contributed by atoms with E-state index in [1.54, 1.807) is 12.4 Å². The molecule has 0 radical (unpaired) electrons. The van der Waals surface area contributed by atoms with Gasteiger partial charge in [-0.3, -0.25) is 4.98 Å². The molecule has 148 valence electrons. The van der Waals surface area contributed by atoms with Crippen molar-refractivity contribution in [1.82, 2.24) is 34.4 Å². The zero-order valence-corrected chi connectivity index (χ0v) is 16.7. The van der Waals surface area contributed by atoms with E-state index in [0.29, 0.717) is 23.7 Å². The number of hydrogen-bond donors (Lipinski definition) is 1. The Balaban J connectivity index is 1.37. The lowest BCUT2D eigenvalue weighted by atomic mass is 9.91. The molecule has 29 heavy (non-hydrogen) atoms. The van der Waals surface area contributed by atoms with Crippen LogP contribution in [0, 0.1) is 0 Å². The molecule has 1 saturated carbocycles. The van der Waals surface area contributed by atoms with E-state index in [0.717, 1.165) is 35.0 Å². The molecule has 1 aliphatic carbocycles. The summed E-state index contributed by atoms with van der Waals surface area (Å²) in [5.74, 6) is 0.676. The normalized spacial score (nSPS) is 19.8. The van der Waals surface area contributed by atoms with Crippen molar-refractivity contribution < 1.29 is 0 Å². The minimum atomic E-state index is 0.432. The van der Waals surface area contributed by atoms with Crippen LogP contribution in [0.1, 0.15) is 25.7 Å². The van der Waals surface area contributed by atoms with E-state index < -0.39 is 0 Å². The maximum absolute atomic E-state index is 4.67. The van der Waals surface area contributed by atoms with Crippen LogP contribution >= 0.6 is 0 Å². The fourth-order valence-electron chi connectivity index (χ4n) is 4.13. The van der Waals surface area contributed by atoms with Crippen LogP contribution in [0.25, 0.3) is 27.8 Å². The Morgan fingerprint density at radius 1 is 1.00 bits per heavy atom. The molecule has 0 atom stereocenters. The van der Waals surface area contributed by atoms with Crippen molar-refractivity contribution in [2.45, 2.75) is 37.8 Å². The van der Waals surface area contributed by atoms with Crippen LogP contribution in [0.3, 0.4) is 0 Å². The molecular weight excluding hydrogens is 364 g/mol. The van der Waals surface area contributed by atoms with Gasteiger partial charge in [0.1, 0.15) is 5.52 Å². The van der Waals surface area contributed by atoms with E-state index >= 15 is 0 Å². The molecule has 0 spiro atoms. The molecule has 5 rings (SSSR count). The summed E-state index contributed by atoms with van der Waals surface area (Å²) in [6.07, 6.45) is 13.7. The van der Waals surface area contributed by atoms with Crippen LogP contribution in [-0.4, -0.2) is 60.6 Å². The predicted molar refractivity (Wildman–Crippen MR) is 113 cm³/mol. The summed E-state index contributed by atoms with van der Waals surface area (Å²) in [4.78, 5) is 19.9. The summed E-state index contributed by atoms with van der Waals surface area (Å²) in [6, 6.07) is 5.15. The number of hydrogen-bond acceptors (Lipinski definition) is 7. The molecule has 0 bridgehead atoms. The first-order chi connectivity index (χ1) is 14.2. The number of anilines is 1. The molecule has 1 aliphatic rings. The molecule has 8 heteroatoms. The smallest absolute Gasteiger partial charge is 0.241 e. The lowest BCUT2D eigenvalue weighted by Crippen LogP contribution is -2.36. The monoisotopic (exact) mass is 388 g/mol. The fourth-order valence-corrected chi connectivity index (χ4v) is 4.13. The molecule has 1 N–H and O–H groups in total. The number of fused-ring (bicyclic) bond motifs is 2. The van der Waals surface area contributed by atoms with E-state index in [1.165, 1.54) is 12.8 Å². The Kier molecular flexibility index (Phi) is 4.55. The minimum absolute atomic E-state index is 0.432. The van der Waals surface area contributed by atoms with Crippen molar-refractivity contribution in [2.24, 2.45) is 0 Å². The Labute approximate surface area is 169 Å². The van der Waals surface area contributed by atoms with Crippen molar-refractivity contribution in [3.8, 4) is 11.1 Å². The first kappa shape index (κ1) is 17.9. The Morgan fingerprint density at radius 2 is 1.83 bits per heavy atom. The van der Waals surface area contributed by atoms with Gasteiger partial charge in [-0.05, 0) is 51.9 Å². The van der Waals surface area contributed by atoms with Gasteiger partial charge in [0.05, 0.1) is 11.7 Å². The van der Waals surface area contributed by atoms with Gasteiger partial charge in [0.15, 0.2) is 5.65 Å². The third-order valence-electron chi connectivity index (χ3n) is 5.81. The lowest BCUT2D eigenvalue weighted by Gasteiger charge is -2.32. The van der Waals surface area contributed by atoms with Crippen molar-refractivity contribution >= 4 is 22.6 Å². The van der Waals surface area contributed by atoms with Crippen LogP contribution in [0.15, 0.2) is 43.1 Å². The standard InChI is InChI=1S/C21H24N8/c1-28(2)16-5-3-15(4-6-16)26-21-25-13-19-17(7-10-29(19)27-21)14-11-18-20(24-12-14)23-9-8-22-18/h7-13,15-16H,3-6H2,1-2H3,(H,26,27)/t15-,16-. The molecule has 0 saturated heterocycles. The maximum atomic E-state index is 4.67. The summed E-state index contributed by atoms with van der Waals surface area (Å²) in [5, 5.41) is 8.18. The van der Waals surface area contributed by atoms with Gasteiger partial charge in [0, 0.05) is 48.0 Å². The summed E-state index contributed by atoms with van der Waals surface area (Å²) in [5.41, 5.74) is 4.37. The van der Waals surface area contributed by atoms with E-state index in [4.69, 9.17) is 0 Å². The highest BCUT2D eigenvalue weighted by atomic mass is 15.3. The summed E-state index contributed by atoms with van der Waals surface area (Å²) in [7, 11) is 4.33. The third-order valence-corrected chi connectivity index (χ3v) is 5.81. The molecule has 0 aromatic carbocycles. The molecule has 0 amide bonds. The Bertz CT molecular complexity index is 1140. The van der Waals surface area contributed by atoms with Gasteiger partial charge in [-0.25, -0.2) is 19.5 Å². The average Bonchev–Trinajstić information content (AvgIpc) is 3.17. The van der Waals surface area contributed by atoms with E-state index in [9.17, 15) is 0 Å². The SMILES string of the molecule is CN(C)[C@H]1CC[C@H](Nc2ncc3c(-c4cnc5nccnc5c4)ccn3n2)CC1. The van der Waals surface area contributed by atoms with Crippen LogP contribution < -0.4 is 5.32 Å². The van der Waals surface area contributed by atoms with E-state index in [2.05, 4.69) is 49.3 Å². The highest BCUT2D eigenvalue weighted by Gasteiger charge is 2.23. The maximum Gasteiger partial charge on any atom is 0.241 e. The van der Waals surface area contributed by atoms with E-state index in [-0.39, 0.29) is 0 Å². The van der Waals surface area contributed by atoms with Gasteiger partial charge in [0.2, 0.25) is 5.95 Å². The minimum Gasteiger partial charge on any atom is -0.350 e. The predicted octanol–water partition coefficient (Wildman–Crippen LogP) is 3.02. The molecule has 4 aromatic heterocycles. The zero-order valence-electron chi connectivity index (χ0n) is 16.7. The van der Waals surface area contributed by atoms with Crippen LogP contribution in [0.4, 0.5) is 5.95 Å². The van der Waals surface area contributed by atoms with Crippen molar-refractivity contribution in [2.75, 3.05) is 19.4 Å². The van der Waals surface area contributed by atoms with Crippen LogP contribution in [0.2, 0.25) is 0 Å². The fraction of sp³-hybridized carbons (Fsp3) is 0.381. The molecule has 8 nitrogen and oxygen atoms in total. The Hall–Kier alpha value is -3.13. The molecule has 0 aliphatic heterocycles.